The van der Waals surface area contributed by atoms with Gasteiger partial charge in [-0.2, -0.15) is 0 Å². The van der Waals surface area contributed by atoms with Crippen LogP contribution in [0.2, 0.25) is 5.02 Å². The maximum Gasteiger partial charge on any atom is 0.227 e. The summed E-state index contributed by atoms with van der Waals surface area (Å²) in [5, 5.41) is 3.94. The quantitative estimate of drug-likeness (QED) is 0.721. The van der Waals surface area contributed by atoms with E-state index in [4.69, 9.17) is 11.6 Å². The molecule has 0 bridgehead atoms. The number of halogens is 1. The van der Waals surface area contributed by atoms with E-state index in [9.17, 15) is 4.79 Å². The summed E-state index contributed by atoms with van der Waals surface area (Å²) in [6, 6.07) is 13.6. The van der Waals surface area contributed by atoms with Crippen LogP contribution in [0.15, 0.2) is 48.7 Å². The van der Waals surface area contributed by atoms with Crippen LogP contribution in [-0.2, 0) is 11.2 Å². The van der Waals surface area contributed by atoms with Gasteiger partial charge in [0, 0.05) is 29.4 Å². The molecule has 1 aromatic carbocycles. The first kappa shape index (κ1) is 19.5. The monoisotopic (exact) mass is 358 g/mol. The van der Waals surface area contributed by atoms with Crippen molar-refractivity contribution in [3.8, 4) is 0 Å². The zero-order valence-corrected chi connectivity index (χ0v) is 16.0. The van der Waals surface area contributed by atoms with Crippen LogP contribution in [-0.4, -0.2) is 16.9 Å². The Hall–Kier alpha value is -1.87. The van der Waals surface area contributed by atoms with E-state index < -0.39 is 0 Å². The number of aromatic nitrogens is 1. The standard InChI is InChI=1S/C21H27ClN2O/c1-4-7-19(16-9-11-17(22)12-10-16)21(25)24-20(15(2)3)14-18-8-5-6-13-23-18/h5-6,8-13,15,19-20H,4,7,14H2,1-3H3,(H,24,25). The van der Waals surface area contributed by atoms with Crippen molar-refractivity contribution in [1.29, 1.82) is 0 Å². The molecule has 0 radical (unpaired) electrons. The van der Waals surface area contributed by atoms with Gasteiger partial charge in [0.15, 0.2) is 0 Å². The first-order valence-electron chi connectivity index (χ1n) is 8.97. The molecule has 134 valence electrons. The minimum Gasteiger partial charge on any atom is -0.352 e. The van der Waals surface area contributed by atoms with Crippen molar-refractivity contribution in [2.45, 2.75) is 52.0 Å². The Morgan fingerprint density at radius 3 is 2.44 bits per heavy atom. The van der Waals surface area contributed by atoms with Gasteiger partial charge in [-0.05, 0) is 42.2 Å². The Morgan fingerprint density at radius 1 is 1.16 bits per heavy atom. The number of hydrogen-bond donors (Lipinski definition) is 1. The molecular formula is C21H27ClN2O. The summed E-state index contributed by atoms with van der Waals surface area (Å²) in [4.78, 5) is 17.4. The average molecular weight is 359 g/mol. The fraction of sp³-hybridized carbons (Fsp3) is 0.429. The predicted molar refractivity (Wildman–Crippen MR) is 104 cm³/mol. The summed E-state index contributed by atoms with van der Waals surface area (Å²) in [5.41, 5.74) is 2.02. The summed E-state index contributed by atoms with van der Waals surface area (Å²) >= 11 is 5.98. The highest BCUT2D eigenvalue weighted by atomic mass is 35.5. The Bertz CT molecular complexity index is 655. The summed E-state index contributed by atoms with van der Waals surface area (Å²) in [5.74, 6) is 0.268. The summed E-state index contributed by atoms with van der Waals surface area (Å²) < 4.78 is 0. The van der Waals surface area contributed by atoms with Crippen LogP contribution in [0, 0.1) is 5.92 Å². The lowest BCUT2D eigenvalue weighted by Gasteiger charge is -2.25. The maximum atomic E-state index is 13.0. The fourth-order valence-electron chi connectivity index (χ4n) is 2.91. The number of benzene rings is 1. The molecule has 1 amide bonds. The summed E-state index contributed by atoms with van der Waals surface area (Å²) in [6.45, 7) is 6.36. The van der Waals surface area contributed by atoms with Gasteiger partial charge in [0.25, 0.3) is 0 Å². The number of amides is 1. The Morgan fingerprint density at radius 2 is 1.88 bits per heavy atom. The van der Waals surface area contributed by atoms with E-state index in [1.54, 1.807) is 6.20 Å². The molecule has 1 heterocycles. The second kappa shape index (κ2) is 9.57. The second-order valence-electron chi connectivity index (χ2n) is 6.78. The molecule has 1 N–H and O–H groups in total. The highest BCUT2D eigenvalue weighted by Gasteiger charge is 2.24. The van der Waals surface area contributed by atoms with Crippen LogP contribution in [0.1, 0.15) is 50.8 Å². The lowest BCUT2D eigenvalue weighted by Crippen LogP contribution is -2.42. The molecule has 1 aromatic heterocycles. The van der Waals surface area contributed by atoms with Crippen molar-refractivity contribution in [2.75, 3.05) is 0 Å². The third-order valence-corrected chi connectivity index (χ3v) is 4.71. The molecule has 0 aliphatic heterocycles. The molecule has 0 fully saturated rings. The third kappa shape index (κ3) is 5.86. The number of nitrogens with zero attached hydrogens (tertiary/aromatic N) is 1. The highest BCUT2D eigenvalue weighted by Crippen LogP contribution is 2.24. The maximum absolute atomic E-state index is 13.0. The van der Waals surface area contributed by atoms with Crippen molar-refractivity contribution < 1.29 is 4.79 Å². The first-order valence-corrected chi connectivity index (χ1v) is 9.34. The van der Waals surface area contributed by atoms with Crippen molar-refractivity contribution in [3.05, 3.63) is 64.9 Å². The fourth-order valence-corrected chi connectivity index (χ4v) is 3.04. The van der Waals surface area contributed by atoms with Gasteiger partial charge in [-0.25, -0.2) is 0 Å². The average Bonchev–Trinajstić information content (AvgIpc) is 2.60. The smallest absolute Gasteiger partial charge is 0.227 e. The van der Waals surface area contributed by atoms with E-state index in [1.165, 1.54) is 0 Å². The van der Waals surface area contributed by atoms with Gasteiger partial charge in [-0.15, -0.1) is 0 Å². The normalized spacial score (nSPS) is 13.5. The van der Waals surface area contributed by atoms with E-state index in [2.05, 4.69) is 31.1 Å². The molecule has 2 unspecified atom stereocenters. The Kier molecular flexibility index (Phi) is 7.45. The third-order valence-electron chi connectivity index (χ3n) is 4.45. The number of pyridine rings is 1. The second-order valence-corrected chi connectivity index (χ2v) is 7.21. The lowest BCUT2D eigenvalue weighted by atomic mass is 9.92. The van der Waals surface area contributed by atoms with Gasteiger partial charge in [0.2, 0.25) is 5.91 Å². The minimum absolute atomic E-state index is 0.0639. The molecule has 0 aliphatic rings. The molecule has 2 atom stereocenters. The van der Waals surface area contributed by atoms with E-state index in [0.717, 1.165) is 30.5 Å². The van der Waals surface area contributed by atoms with Crippen molar-refractivity contribution in [2.24, 2.45) is 5.92 Å². The zero-order valence-electron chi connectivity index (χ0n) is 15.2. The van der Waals surface area contributed by atoms with Gasteiger partial charge >= 0.3 is 0 Å². The van der Waals surface area contributed by atoms with Crippen LogP contribution in [0.3, 0.4) is 0 Å². The van der Waals surface area contributed by atoms with E-state index >= 15 is 0 Å². The van der Waals surface area contributed by atoms with Gasteiger partial charge in [-0.1, -0.05) is 57.0 Å². The summed E-state index contributed by atoms with van der Waals surface area (Å²) in [6.07, 6.45) is 4.31. The van der Waals surface area contributed by atoms with Crippen LogP contribution >= 0.6 is 11.6 Å². The number of carbonyl (C=O) groups excluding carboxylic acids is 1. The van der Waals surface area contributed by atoms with Crippen LogP contribution < -0.4 is 5.32 Å². The Balaban J connectivity index is 2.12. The van der Waals surface area contributed by atoms with Gasteiger partial charge in [0.05, 0.1) is 5.92 Å². The molecule has 0 spiro atoms. The Labute approximate surface area is 155 Å². The minimum atomic E-state index is -0.146. The molecule has 2 aromatic rings. The highest BCUT2D eigenvalue weighted by molar-refractivity contribution is 6.30. The van der Waals surface area contributed by atoms with Gasteiger partial charge in [-0.3, -0.25) is 9.78 Å². The molecule has 0 aliphatic carbocycles. The number of hydrogen-bond acceptors (Lipinski definition) is 2. The molecule has 2 rings (SSSR count). The van der Waals surface area contributed by atoms with Crippen LogP contribution in [0.5, 0.6) is 0 Å². The molecule has 0 saturated heterocycles. The van der Waals surface area contributed by atoms with Gasteiger partial charge < -0.3 is 5.32 Å². The number of rotatable bonds is 8. The van der Waals surface area contributed by atoms with Gasteiger partial charge in [0.1, 0.15) is 0 Å². The largest absolute Gasteiger partial charge is 0.352 e. The number of carbonyl (C=O) groups is 1. The topological polar surface area (TPSA) is 42.0 Å². The van der Waals surface area contributed by atoms with E-state index in [1.807, 2.05) is 42.5 Å². The number of nitrogens with one attached hydrogen (secondary N) is 1. The molecule has 3 nitrogen and oxygen atoms in total. The molecule has 0 saturated carbocycles. The van der Waals surface area contributed by atoms with Crippen LogP contribution in [0.4, 0.5) is 0 Å². The van der Waals surface area contributed by atoms with Crippen molar-refractivity contribution in [3.63, 3.8) is 0 Å². The van der Waals surface area contributed by atoms with Crippen molar-refractivity contribution in [1.82, 2.24) is 10.3 Å². The predicted octanol–water partition coefficient (Wildman–Crippen LogP) is 5.00. The lowest BCUT2D eigenvalue weighted by molar-refractivity contribution is -0.123. The zero-order chi connectivity index (χ0) is 18.2. The first-order chi connectivity index (χ1) is 12.0. The van der Waals surface area contributed by atoms with Crippen molar-refractivity contribution >= 4 is 17.5 Å². The molecule has 4 heteroatoms. The summed E-state index contributed by atoms with van der Waals surface area (Å²) in [7, 11) is 0. The van der Waals surface area contributed by atoms with Crippen LogP contribution in [0.25, 0.3) is 0 Å². The molecule has 25 heavy (non-hydrogen) atoms. The molecular weight excluding hydrogens is 332 g/mol. The van der Waals surface area contributed by atoms with E-state index in [-0.39, 0.29) is 17.9 Å². The van der Waals surface area contributed by atoms with E-state index in [0.29, 0.717) is 10.9 Å². The SMILES string of the molecule is CCCC(C(=O)NC(Cc1ccccn1)C(C)C)c1ccc(Cl)cc1.